The van der Waals surface area contributed by atoms with Gasteiger partial charge in [-0.3, -0.25) is 5.10 Å². The average molecular weight is 484 g/mol. The van der Waals surface area contributed by atoms with E-state index >= 15 is 0 Å². The topological polar surface area (TPSA) is 114 Å². The molecule has 184 valence electrons. The van der Waals surface area contributed by atoms with Crippen molar-refractivity contribution in [2.45, 2.75) is 26.4 Å². The Morgan fingerprint density at radius 1 is 1.40 bits per heavy atom. The van der Waals surface area contributed by atoms with Gasteiger partial charge in [0.25, 0.3) is 0 Å². The molecular weight excluding hydrogens is 456 g/mol. The number of hydrogen-bond acceptors (Lipinski definition) is 6. The Balaban J connectivity index is 1.56. The van der Waals surface area contributed by atoms with Gasteiger partial charge in [0.1, 0.15) is 11.7 Å². The van der Waals surface area contributed by atoms with Crippen LogP contribution in [-0.4, -0.2) is 63.7 Å². The molecule has 1 saturated heterocycles. The van der Waals surface area contributed by atoms with Crippen LogP contribution in [0, 0.1) is 18.6 Å². The lowest BCUT2D eigenvalue weighted by Crippen LogP contribution is -2.29. The molecule has 1 atom stereocenters. The number of nitrogens with zero attached hydrogens (tertiary/aromatic N) is 4. The maximum atomic E-state index is 14.8. The molecule has 11 heteroatoms. The maximum Gasteiger partial charge on any atom is 0.181 e. The SMILES string of the molecule is C=N/C(=C\C(=N/COc1cc(F)c2[nH]c(C)cc2c1F)N1CCC(O)C1)Nc1cc(/C=C/C)[nH]n1. The molecule has 4 N–H and O–H groups in total. The van der Waals surface area contributed by atoms with E-state index in [1.165, 1.54) is 6.07 Å². The summed E-state index contributed by atoms with van der Waals surface area (Å²) in [6.45, 7) is 7.87. The Labute approximate surface area is 200 Å². The first-order chi connectivity index (χ1) is 16.9. The predicted molar refractivity (Wildman–Crippen MR) is 133 cm³/mol. The highest BCUT2D eigenvalue weighted by molar-refractivity contribution is 5.94. The second-order valence-electron chi connectivity index (χ2n) is 8.11. The second-order valence-corrected chi connectivity index (χ2v) is 8.11. The molecule has 9 nitrogen and oxygen atoms in total. The Hall–Kier alpha value is -3.99. The third kappa shape index (κ3) is 5.57. The van der Waals surface area contributed by atoms with Crippen molar-refractivity contribution in [1.29, 1.82) is 0 Å². The average Bonchev–Trinajstić information content (AvgIpc) is 3.56. The summed E-state index contributed by atoms with van der Waals surface area (Å²) in [5, 5.41) is 20.2. The monoisotopic (exact) mass is 483 g/mol. The van der Waals surface area contributed by atoms with Crippen molar-refractivity contribution < 1.29 is 18.6 Å². The number of β-amino-alcohol motifs (C(OH)–C–C–N with tert-alkyl or cyclic N) is 1. The number of ether oxygens (including phenoxy) is 1. The summed E-state index contributed by atoms with van der Waals surface area (Å²) >= 11 is 0. The molecule has 1 aromatic carbocycles. The number of aliphatic hydroxyl groups is 1. The van der Waals surface area contributed by atoms with Gasteiger partial charge in [-0.25, -0.2) is 18.8 Å². The zero-order valence-corrected chi connectivity index (χ0v) is 19.5. The number of anilines is 1. The first kappa shape index (κ1) is 24.1. The number of allylic oxidation sites excluding steroid dienone is 1. The highest BCUT2D eigenvalue weighted by Crippen LogP contribution is 2.29. The van der Waals surface area contributed by atoms with E-state index in [1.807, 2.05) is 24.0 Å². The Morgan fingerprint density at radius 3 is 2.94 bits per heavy atom. The lowest BCUT2D eigenvalue weighted by molar-refractivity contribution is 0.188. The van der Waals surface area contributed by atoms with Crippen LogP contribution < -0.4 is 10.1 Å². The van der Waals surface area contributed by atoms with Gasteiger partial charge >= 0.3 is 0 Å². The van der Waals surface area contributed by atoms with Crippen LogP contribution in [0.15, 0.2) is 46.2 Å². The van der Waals surface area contributed by atoms with Gasteiger partial charge in [0.2, 0.25) is 0 Å². The molecule has 35 heavy (non-hydrogen) atoms. The molecule has 0 spiro atoms. The van der Waals surface area contributed by atoms with Gasteiger partial charge in [-0.2, -0.15) is 5.10 Å². The van der Waals surface area contributed by atoms with E-state index in [9.17, 15) is 13.9 Å². The third-order valence-corrected chi connectivity index (χ3v) is 5.47. The van der Waals surface area contributed by atoms with Crippen molar-refractivity contribution >= 4 is 35.3 Å². The number of aryl methyl sites for hydroxylation is 1. The number of benzene rings is 1. The van der Waals surface area contributed by atoms with E-state index in [-0.39, 0.29) is 23.4 Å². The number of aromatic amines is 2. The zero-order chi connectivity index (χ0) is 24.9. The number of H-pyrrole nitrogens is 2. The molecule has 0 radical (unpaired) electrons. The summed E-state index contributed by atoms with van der Waals surface area (Å²) in [5.74, 6) is -0.183. The molecule has 3 aromatic rings. The normalized spacial score (nSPS) is 17.1. The molecule has 1 aliphatic heterocycles. The van der Waals surface area contributed by atoms with Crippen molar-refractivity contribution in [3.63, 3.8) is 0 Å². The largest absolute Gasteiger partial charge is 0.468 e. The third-order valence-electron chi connectivity index (χ3n) is 5.47. The number of aliphatic hydroxyl groups excluding tert-OH is 1. The number of amidine groups is 1. The van der Waals surface area contributed by atoms with E-state index in [0.717, 1.165) is 11.8 Å². The Morgan fingerprint density at radius 2 is 2.23 bits per heavy atom. The van der Waals surface area contributed by atoms with Crippen molar-refractivity contribution in [2.75, 3.05) is 25.1 Å². The van der Waals surface area contributed by atoms with Crippen LogP contribution in [0.5, 0.6) is 5.75 Å². The Bertz CT molecular complexity index is 1310. The number of aromatic nitrogens is 3. The second kappa shape index (κ2) is 10.5. The van der Waals surface area contributed by atoms with E-state index in [0.29, 0.717) is 42.7 Å². The van der Waals surface area contributed by atoms with Crippen LogP contribution in [0.3, 0.4) is 0 Å². The van der Waals surface area contributed by atoms with E-state index < -0.39 is 17.7 Å². The van der Waals surface area contributed by atoms with Gasteiger partial charge in [0.15, 0.2) is 29.9 Å². The minimum absolute atomic E-state index is 0.0919. The van der Waals surface area contributed by atoms with Crippen molar-refractivity contribution in [3.05, 3.63) is 59.2 Å². The van der Waals surface area contributed by atoms with Gasteiger partial charge in [0.05, 0.1) is 17.3 Å². The summed E-state index contributed by atoms with van der Waals surface area (Å²) in [7, 11) is 0. The maximum absolute atomic E-state index is 14.8. The van der Waals surface area contributed by atoms with Crippen LogP contribution >= 0.6 is 0 Å². The van der Waals surface area contributed by atoms with Crippen LogP contribution in [0.2, 0.25) is 0 Å². The molecule has 2 aromatic heterocycles. The fraction of sp³-hybridized carbons (Fsp3) is 0.292. The van der Waals surface area contributed by atoms with Crippen LogP contribution in [-0.2, 0) is 0 Å². The highest BCUT2D eigenvalue weighted by atomic mass is 19.1. The Kier molecular flexibility index (Phi) is 7.25. The molecule has 0 amide bonds. The van der Waals surface area contributed by atoms with Gasteiger partial charge in [-0.15, -0.1) is 0 Å². The summed E-state index contributed by atoms with van der Waals surface area (Å²) in [6.07, 6.45) is 5.46. The molecule has 1 fully saturated rings. The van der Waals surface area contributed by atoms with Gasteiger partial charge < -0.3 is 25.0 Å². The number of hydrogen-bond donors (Lipinski definition) is 4. The fourth-order valence-electron chi connectivity index (χ4n) is 3.83. The quantitative estimate of drug-likeness (QED) is 0.286. The molecule has 0 saturated carbocycles. The van der Waals surface area contributed by atoms with Crippen molar-refractivity contribution in [1.82, 2.24) is 20.1 Å². The van der Waals surface area contributed by atoms with Crippen LogP contribution in [0.25, 0.3) is 17.0 Å². The van der Waals surface area contributed by atoms with Crippen molar-refractivity contribution in [2.24, 2.45) is 9.98 Å². The van der Waals surface area contributed by atoms with E-state index in [2.05, 4.69) is 37.2 Å². The highest BCUT2D eigenvalue weighted by Gasteiger charge is 2.23. The summed E-state index contributed by atoms with van der Waals surface area (Å²) in [4.78, 5) is 13.1. The first-order valence-electron chi connectivity index (χ1n) is 11.1. The number of fused-ring (bicyclic) bond motifs is 1. The standard InChI is InChI=1S/C24H27F2N7O2/c1-4-5-15-9-21(32-31-15)30-20(27-3)11-22(33-7-6-16(34)12-33)28-13-35-19-10-18(25)24-17(23(19)26)8-14(2)29-24/h4-5,8-11,16,29,34H,3,6-7,12-13H2,1-2H3,(H2,30,31,32)/b5-4+,20-11+,28-22+. The number of rotatable bonds is 8. The zero-order valence-electron chi connectivity index (χ0n) is 19.5. The minimum atomic E-state index is -0.666. The summed E-state index contributed by atoms with van der Waals surface area (Å²) < 4.78 is 34.7. The fourth-order valence-corrected chi connectivity index (χ4v) is 3.83. The molecule has 0 bridgehead atoms. The summed E-state index contributed by atoms with van der Waals surface area (Å²) in [5.41, 5.74) is 1.54. The molecule has 3 heterocycles. The molecule has 0 aliphatic carbocycles. The smallest absolute Gasteiger partial charge is 0.181 e. The van der Waals surface area contributed by atoms with Gasteiger partial charge in [-0.1, -0.05) is 6.08 Å². The van der Waals surface area contributed by atoms with Gasteiger partial charge in [0, 0.05) is 42.4 Å². The number of likely N-dealkylation sites (tertiary alicyclic amines) is 1. The summed E-state index contributed by atoms with van der Waals surface area (Å²) in [6, 6.07) is 4.32. The number of nitrogens with one attached hydrogen (secondary N) is 3. The predicted octanol–water partition coefficient (Wildman–Crippen LogP) is 3.97. The number of halogens is 2. The van der Waals surface area contributed by atoms with E-state index in [4.69, 9.17) is 4.74 Å². The van der Waals surface area contributed by atoms with E-state index in [1.54, 1.807) is 19.1 Å². The van der Waals surface area contributed by atoms with Crippen LogP contribution in [0.4, 0.5) is 14.6 Å². The minimum Gasteiger partial charge on any atom is -0.468 e. The molecule has 4 rings (SSSR count). The lowest BCUT2D eigenvalue weighted by atomic mass is 10.2. The lowest BCUT2D eigenvalue weighted by Gasteiger charge is -2.18. The number of aliphatic imine (C=N–C) groups is 2. The molecule has 1 aliphatic rings. The molecular formula is C24H27F2N7O2. The van der Waals surface area contributed by atoms with Gasteiger partial charge in [-0.05, 0) is 39.1 Å². The van der Waals surface area contributed by atoms with Crippen LogP contribution in [0.1, 0.15) is 24.7 Å². The molecule has 1 unspecified atom stereocenters. The first-order valence-corrected chi connectivity index (χ1v) is 11.1. The van der Waals surface area contributed by atoms with Crippen molar-refractivity contribution in [3.8, 4) is 5.75 Å².